The van der Waals surface area contributed by atoms with Crippen LogP contribution in [0.2, 0.25) is 0 Å². The maximum atomic E-state index is 11.5. The molecule has 110 valence electrons. The molecule has 20 heavy (non-hydrogen) atoms. The lowest BCUT2D eigenvalue weighted by molar-refractivity contribution is -0.129. The zero-order valence-corrected chi connectivity index (χ0v) is 14.1. The van der Waals surface area contributed by atoms with Crippen LogP contribution in [0, 0.1) is 0 Å². The van der Waals surface area contributed by atoms with Crippen LogP contribution in [0.15, 0.2) is 22.7 Å². The number of fused-ring (bicyclic) bond motifs is 1. The summed E-state index contributed by atoms with van der Waals surface area (Å²) in [7, 11) is 0. The predicted octanol–water partition coefficient (Wildman–Crippen LogP) is 4.11. The first kappa shape index (κ1) is 16.7. The fourth-order valence-corrected chi connectivity index (χ4v) is 2.27. The van der Waals surface area contributed by atoms with Gasteiger partial charge in [0.15, 0.2) is 0 Å². The van der Waals surface area contributed by atoms with E-state index < -0.39 is 0 Å². The van der Waals surface area contributed by atoms with E-state index in [0.29, 0.717) is 6.54 Å². The second-order valence-corrected chi connectivity index (χ2v) is 5.20. The highest BCUT2D eigenvalue weighted by Gasteiger charge is 2.11. The first-order valence-corrected chi connectivity index (χ1v) is 7.79. The molecule has 2 rings (SSSR count). The smallest absolute Gasteiger partial charge is 0.219 e. The molecule has 0 unspecified atom stereocenters. The molecule has 0 spiro atoms. The number of aromatic nitrogens is 2. The number of imidazole rings is 1. The van der Waals surface area contributed by atoms with Gasteiger partial charge in [0.2, 0.25) is 5.91 Å². The van der Waals surface area contributed by atoms with Gasteiger partial charge in [0.25, 0.3) is 0 Å². The van der Waals surface area contributed by atoms with Crippen molar-refractivity contribution >= 4 is 32.9 Å². The first-order chi connectivity index (χ1) is 9.60. The topological polar surface area (TPSA) is 49.0 Å². The van der Waals surface area contributed by atoms with Crippen LogP contribution in [-0.4, -0.2) is 27.3 Å². The molecular formula is C15H22BrN3O. The summed E-state index contributed by atoms with van der Waals surface area (Å²) in [6.45, 7) is 8.95. The van der Waals surface area contributed by atoms with Gasteiger partial charge in [0.1, 0.15) is 5.82 Å². The van der Waals surface area contributed by atoms with Crippen molar-refractivity contribution in [3.8, 4) is 0 Å². The van der Waals surface area contributed by atoms with E-state index in [4.69, 9.17) is 0 Å². The zero-order chi connectivity index (χ0) is 15.1. The van der Waals surface area contributed by atoms with Crippen molar-refractivity contribution < 1.29 is 4.79 Å². The number of aromatic amines is 1. The Morgan fingerprint density at radius 2 is 2.10 bits per heavy atom. The number of carbonyl (C=O) groups excluding carboxylic acids is 1. The number of nitrogens with one attached hydrogen (secondary N) is 1. The third-order valence-corrected chi connectivity index (χ3v) is 3.27. The van der Waals surface area contributed by atoms with Crippen LogP contribution in [0.5, 0.6) is 0 Å². The minimum absolute atomic E-state index is 0.0819. The van der Waals surface area contributed by atoms with Gasteiger partial charge in [-0.15, -0.1) is 0 Å². The highest BCUT2D eigenvalue weighted by molar-refractivity contribution is 9.10. The van der Waals surface area contributed by atoms with E-state index >= 15 is 0 Å². The van der Waals surface area contributed by atoms with Gasteiger partial charge >= 0.3 is 0 Å². The Hall–Kier alpha value is -1.36. The quantitative estimate of drug-likeness (QED) is 0.911. The number of amides is 1. The molecule has 1 aromatic carbocycles. The molecule has 0 aliphatic carbocycles. The molecule has 0 atom stereocenters. The lowest BCUT2D eigenvalue weighted by Gasteiger charge is -2.18. The number of hydrogen-bond acceptors (Lipinski definition) is 2. The van der Waals surface area contributed by atoms with Crippen molar-refractivity contribution in [2.75, 3.05) is 6.54 Å². The third kappa shape index (κ3) is 4.34. The van der Waals surface area contributed by atoms with Crippen LogP contribution in [0.1, 0.15) is 39.9 Å². The van der Waals surface area contributed by atoms with E-state index in [1.54, 1.807) is 11.8 Å². The van der Waals surface area contributed by atoms with E-state index in [1.807, 2.05) is 32.0 Å². The Bertz CT molecular complexity index is 565. The van der Waals surface area contributed by atoms with Crippen molar-refractivity contribution in [1.82, 2.24) is 14.9 Å². The Kier molecular flexibility index (Phi) is 6.71. The Morgan fingerprint density at radius 3 is 2.70 bits per heavy atom. The first-order valence-electron chi connectivity index (χ1n) is 7.00. The SMILES string of the molecule is CC.CCCN(Cc1nc2ccc(Br)cc2[nH]1)C(C)=O. The number of nitrogens with zero attached hydrogens (tertiary/aromatic N) is 2. The lowest BCUT2D eigenvalue weighted by Crippen LogP contribution is -2.29. The van der Waals surface area contributed by atoms with E-state index in [0.717, 1.165) is 34.3 Å². The average molecular weight is 340 g/mol. The molecule has 0 aliphatic rings. The number of carbonyl (C=O) groups is 1. The fraction of sp³-hybridized carbons (Fsp3) is 0.467. The summed E-state index contributed by atoms with van der Waals surface area (Å²) in [5.41, 5.74) is 1.91. The molecular weight excluding hydrogens is 318 g/mol. The lowest BCUT2D eigenvalue weighted by atomic mass is 10.3. The molecule has 0 fully saturated rings. The summed E-state index contributed by atoms with van der Waals surface area (Å²) >= 11 is 3.43. The molecule has 1 amide bonds. The fourth-order valence-electron chi connectivity index (χ4n) is 1.91. The van der Waals surface area contributed by atoms with E-state index in [1.165, 1.54) is 0 Å². The Morgan fingerprint density at radius 1 is 1.40 bits per heavy atom. The molecule has 0 bridgehead atoms. The summed E-state index contributed by atoms with van der Waals surface area (Å²) in [6, 6.07) is 5.91. The van der Waals surface area contributed by atoms with Crippen molar-refractivity contribution in [3.63, 3.8) is 0 Å². The van der Waals surface area contributed by atoms with Gasteiger partial charge in [0, 0.05) is 17.9 Å². The van der Waals surface area contributed by atoms with Crippen molar-refractivity contribution in [2.24, 2.45) is 0 Å². The molecule has 2 aromatic rings. The predicted molar refractivity (Wildman–Crippen MR) is 86.5 cm³/mol. The second kappa shape index (κ2) is 8.04. The minimum Gasteiger partial charge on any atom is -0.340 e. The van der Waals surface area contributed by atoms with Crippen LogP contribution < -0.4 is 0 Å². The summed E-state index contributed by atoms with van der Waals surface area (Å²) in [6.07, 6.45) is 0.950. The summed E-state index contributed by atoms with van der Waals surface area (Å²) in [5.74, 6) is 0.908. The van der Waals surface area contributed by atoms with Gasteiger partial charge in [-0.3, -0.25) is 4.79 Å². The molecule has 5 heteroatoms. The molecule has 1 N–H and O–H groups in total. The normalized spacial score (nSPS) is 10.1. The molecule has 1 heterocycles. The standard InChI is InChI=1S/C13H16BrN3O.C2H6/c1-3-6-17(9(2)18)8-13-15-11-5-4-10(14)7-12(11)16-13;1-2/h4-5,7H,3,6,8H2,1-2H3,(H,15,16);1-2H3. The Labute approximate surface area is 128 Å². The van der Waals surface area contributed by atoms with Crippen LogP contribution in [-0.2, 0) is 11.3 Å². The minimum atomic E-state index is 0.0819. The van der Waals surface area contributed by atoms with Crippen LogP contribution >= 0.6 is 15.9 Å². The van der Waals surface area contributed by atoms with Crippen LogP contribution in [0.4, 0.5) is 0 Å². The van der Waals surface area contributed by atoms with Crippen LogP contribution in [0.25, 0.3) is 11.0 Å². The van der Waals surface area contributed by atoms with Gasteiger partial charge < -0.3 is 9.88 Å². The molecule has 0 saturated heterocycles. The van der Waals surface area contributed by atoms with Gasteiger partial charge in [-0.1, -0.05) is 36.7 Å². The molecule has 0 radical (unpaired) electrons. The van der Waals surface area contributed by atoms with E-state index in [2.05, 4.69) is 32.8 Å². The maximum Gasteiger partial charge on any atom is 0.219 e. The number of hydrogen-bond donors (Lipinski definition) is 1. The van der Waals surface area contributed by atoms with Gasteiger partial charge in [-0.2, -0.15) is 0 Å². The number of rotatable bonds is 4. The second-order valence-electron chi connectivity index (χ2n) is 4.29. The van der Waals surface area contributed by atoms with Crippen molar-refractivity contribution in [1.29, 1.82) is 0 Å². The number of benzene rings is 1. The molecule has 0 saturated carbocycles. The van der Waals surface area contributed by atoms with Gasteiger partial charge in [-0.05, 0) is 24.6 Å². The van der Waals surface area contributed by atoms with E-state index in [-0.39, 0.29) is 5.91 Å². The maximum absolute atomic E-state index is 11.5. The van der Waals surface area contributed by atoms with E-state index in [9.17, 15) is 4.79 Å². The molecule has 0 aliphatic heterocycles. The zero-order valence-electron chi connectivity index (χ0n) is 12.5. The largest absolute Gasteiger partial charge is 0.340 e. The number of halogens is 1. The van der Waals surface area contributed by atoms with Crippen molar-refractivity contribution in [3.05, 3.63) is 28.5 Å². The highest BCUT2D eigenvalue weighted by atomic mass is 79.9. The third-order valence-electron chi connectivity index (χ3n) is 2.77. The molecule has 4 nitrogen and oxygen atoms in total. The average Bonchev–Trinajstić information content (AvgIpc) is 2.82. The van der Waals surface area contributed by atoms with Gasteiger partial charge in [0.05, 0.1) is 17.6 Å². The summed E-state index contributed by atoms with van der Waals surface area (Å²) < 4.78 is 1.02. The highest BCUT2D eigenvalue weighted by Crippen LogP contribution is 2.18. The monoisotopic (exact) mass is 339 g/mol. The summed E-state index contributed by atoms with van der Waals surface area (Å²) in [5, 5.41) is 0. The Balaban J connectivity index is 0.000000956. The van der Waals surface area contributed by atoms with Crippen LogP contribution in [0.3, 0.4) is 0 Å². The summed E-state index contributed by atoms with van der Waals surface area (Å²) in [4.78, 5) is 21.0. The van der Waals surface area contributed by atoms with Crippen molar-refractivity contribution in [2.45, 2.75) is 40.7 Å². The number of H-pyrrole nitrogens is 1. The van der Waals surface area contributed by atoms with Gasteiger partial charge in [-0.25, -0.2) is 4.98 Å². The molecule has 1 aromatic heterocycles.